The zero-order valence-electron chi connectivity index (χ0n) is 55.8. The van der Waals surface area contributed by atoms with Crippen molar-refractivity contribution in [3.63, 3.8) is 0 Å². The summed E-state index contributed by atoms with van der Waals surface area (Å²) in [7, 11) is 1.58. The lowest BCUT2D eigenvalue weighted by Crippen LogP contribution is -2.38. The van der Waals surface area contributed by atoms with Gasteiger partial charge in [0.2, 0.25) is 0 Å². The van der Waals surface area contributed by atoms with Gasteiger partial charge >= 0.3 is 17.5 Å². The lowest BCUT2D eigenvalue weighted by Gasteiger charge is -2.15. The minimum Gasteiger partial charge on any atom is -0.497 e. The summed E-state index contributed by atoms with van der Waals surface area (Å²) in [6, 6.07) is 68.5. The van der Waals surface area contributed by atoms with E-state index in [1.54, 1.807) is 25.4 Å². The van der Waals surface area contributed by atoms with Gasteiger partial charge in [0.1, 0.15) is 28.9 Å². The summed E-state index contributed by atoms with van der Waals surface area (Å²) in [6.45, 7) is 0. The molecule has 4 unspecified atom stereocenters. The van der Waals surface area contributed by atoms with Crippen molar-refractivity contribution in [1.82, 2.24) is 21.3 Å². The second-order valence-electron chi connectivity index (χ2n) is 24.7. The molecule has 4 atom stereocenters. The quantitative estimate of drug-likeness (QED) is 0.0516. The first-order valence-electron chi connectivity index (χ1n) is 33.0. The van der Waals surface area contributed by atoms with E-state index >= 15 is 0 Å². The summed E-state index contributed by atoms with van der Waals surface area (Å²) in [5, 5.41) is 46.7. The molecule has 520 valence electrons. The Labute approximate surface area is 610 Å². The highest BCUT2D eigenvalue weighted by atomic mass is 35.5. The highest BCUT2D eigenvalue weighted by Crippen LogP contribution is 2.38. The topological polar surface area (TPSA) is 304 Å². The molecule has 0 aliphatic carbocycles. The Hall–Kier alpha value is -13.2. The molecule has 0 saturated carbocycles. The zero-order valence-corrected chi connectivity index (χ0v) is 57.3. The average Bonchev–Trinajstić information content (AvgIpc) is 1.64. The van der Waals surface area contributed by atoms with E-state index in [4.69, 9.17) is 27.9 Å². The highest BCUT2D eigenvalue weighted by molar-refractivity contribution is 6.38. The van der Waals surface area contributed by atoms with Crippen molar-refractivity contribution >= 4 is 91.5 Å². The molecular formula is C81H61Cl2N11O11. The Morgan fingerprint density at radius 2 is 0.714 bits per heavy atom. The highest BCUT2D eigenvalue weighted by Gasteiger charge is 2.44. The second-order valence-corrected chi connectivity index (χ2v) is 25.5. The molecule has 105 heavy (non-hydrogen) atoms. The summed E-state index contributed by atoms with van der Waals surface area (Å²) in [6.07, 6.45) is 8.44. The number of nitrogens with one attached hydrogen (secondary N) is 4. The minimum atomic E-state index is -0.780. The number of ketones is 4. The number of benzene rings is 8. The van der Waals surface area contributed by atoms with Crippen LogP contribution in [0.25, 0.3) is 22.3 Å². The molecule has 24 heteroatoms. The van der Waals surface area contributed by atoms with E-state index in [1.807, 2.05) is 200 Å². The Balaban J connectivity index is 0.000000124. The Morgan fingerprint density at radius 1 is 0.400 bits per heavy atom. The largest absolute Gasteiger partial charge is 0.497 e. The van der Waals surface area contributed by atoms with Crippen LogP contribution in [0.4, 0.5) is 0 Å². The van der Waals surface area contributed by atoms with Gasteiger partial charge in [0.25, 0.3) is 0 Å². The number of carbonyl (C=O) groups excluding carboxylic acids is 4. The van der Waals surface area contributed by atoms with Crippen LogP contribution in [-0.4, -0.2) is 92.0 Å². The Morgan fingerprint density at radius 3 is 1.06 bits per heavy atom. The minimum absolute atomic E-state index is 0.0366. The SMILES string of the molecule is COc1ccc(C2=C3NC([N+](=O)[O-])=CC(=O)C3N=C2Cc2ccccc2)cc1.O=C1C=C([N+](=O)[O-])NC2=C(c3ccc(Cl)cc3)C(Cc3ccccc3)=NC12.O=C1C=C([N+](=O)[O-])NC2=C(c3ccccc3)C(Cc3ccccc3)=NC12.O=C1C=CN=C2C(c3ccc(Cl)cc3)=C(Cc3ccccc3)NC12. The van der Waals surface area contributed by atoms with Gasteiger partial charge in [-0.25, -0.2) is 16.0 Å². The smallest absolute Gasteiger partial charge is 0.324 e. The standard InChI is InChI=1S/C21H17N3O4.C20H14ClN3O3.C20H15ClN2O.C20H15N3O3/c1-28-15-9-7-14(8-10-15)19-16(11-13-5-3-2-4-6-13)22-20-17(25)12-18(24(26)27)23-21(19)20;21-14-8-6-13(7-9-14)18-15(10-12-4-2-1-3-5-12)22-19-16(25)11-17(24(26)27)23-20(18)19;21-15-8-6-14(7-9-15)18-16(12-13-4-2-1-3-5-13)23-19-17(24)10-11-22-20(18)19;24-16-12-17(23(25)26)22-20-18(14-9-5-2-6-10-14)15(21-19(16)20)11-13-7-3-1-4-8-13/h2-10,12,20,23H,11H2,1H3;1-9,11,19,23H,10H2;1-11,19,23H,12H2;1-10,12,19,22H,11H2. The maximum atomic E-state index is 12.5. The van der Waals surface area contributed by atoms with Gasteiger partial charge in [-0.05, 0) is 95.7 Å². The van der Waals surface area contributed by atoms with E-state index in [0.29, 0.717) is 63.4 Å². The molecule has 8 aliphatic rings. The number of hydrogen-bond acceptors (Lipinski definition) is 19. The number of nitrogens with zero attached hydrogens (tertiary/aromatic N) is 7. The number of nitro groups is 3. The van der Waals surface area contributed by atoms with Crippen molar-refractivity contribution in [2.75, 3.05) is 7.11 Å². The van der Waals surface area contributed by atoms with Crippen LogP contribution >= 0.6 is 23.2 Å². The molecule has 0 radical (unpaired) electrons. The molecule has 8 heterocycles. The van der Waals surface area contributed by atoms with E-state index in [0.717, 1.165) is 103 Å². The van der Waals surface area contributed by atoms with Gasteiger partial charge in [-0.15, -0.1) is 0 Å². The van der Waals surface area contributed by atoms with Crippen molar-refractivity contribution in [3.8, 4) is 5.75 Å². The molecule has 0 saturated heterocycles. The molecule has 8 aliphatic heterocycles. The molecule has 16 rings (SSSR count). The van der Waals surface area contributed by atoms with Gasteiger partial charge in [0.05, 0.1) is 48.2 Å². The van der Waals surface area contributed by atoms with Crippen molar-refractivity contribution in [2.24, 2.45) is 20.0 Å². The lowest BCUT2D eigenvalue weighted by atomic mass is 9.93. The van der Waals surface area contributed by atoms with Gasteiger partial charge in [0.15, 0.2) is 41.3 Å². The van der Waals surface area contributed by atoms with Crippen LogP contribution in [0, 0.1) is 30.3 Å². The predicted molar refractivity (Wildman–Crippen MR) is 402 cm³/mol. The maximum Gasteiger partial charge on any atom is 0.324 e. The Kier molecular flexibility index (Phi) is 21.0. The second kappa shape index (κ2) is 31.4. The van der Waals surface area contributed by atoms with Crippen LogP contribution in [0.1, 0.15) is 44.5 Å². The Bertz CT molecular complexity index is 5230. The fourth-order valence-electron chi connectivity index (χ4n) is 13.0. The number of rotatable bonds is 16. The van der Waals surface area contributed by atoms with Crippen LogP contribution in [0.2, 0.25) is 10.0 Å². The van der Waals surface area contributed by atoms with E-state index in [-0.39, 0.29) is 35.1 Å². The summed E-state index contributed by atoms with van der Waals surface area (Å²) in [5.41, 5.74) is 16.4. The first kappa shape index (κ1) is 70.3. The van der Waals surface area contributed by atoms with Crippen molar-refractivity contribution in [1.29, 1.82) is 0 Å². The summed E-state index contributed by atoms with van der Waals surface area (Å²) >= 11 is 12.0. The van der Waals surface area contributed by atoms with Crippen molar-refractivity contribution < 1.29 is 38.7 Å². The molecule has 0 bridgehead atoms. The maximum absolute atomic E-state index is 12.5. The molecule has 4 N–H and O–H groups in total. The number of hydrogen-bond donors (Lipinski definition) is 4. The number of aliphatic imine (C=N–C) groups is 4. The van der Waals surface area contributed by atoms with Gasteiger partial charge in [0, 0.05) is 76.0 Å². The van der Waals surface area contributed by atoms with Gasteiger partial charge in [-0.3, -0.25) is 39.1 Å². The molecule has 8 aromatic rings. The van der Waals surface area contributed by atoms with E-state index in [9.17, 15) is 49.5 Å². The summed E-state index contributed by atoms with van der Waals surface area (Å²) in [4.78, 5) is 99.6. The number of carbonyl (C=O) groups is 4. The molecule has 8 aromatic carbocycles. The molecular weight excluding hydrogens is 1370 g/mol. The molecule has 0 spiro atoms. The van der Waals surface area contributed by atoms with Gasteiger partial charge in [-0.1, -0.05) is 211 Å². The number of ether oxygens (including phenoxy) is 1. The fraction of sp³-hybridized carbons (Fsp3) is 0.111. The first-order valence-corrected chi connectivity index (χ1v) is 33.8. The summed E-state index contributed by atoms with van der Waals surface area (Å²) in [5.74, 6) is -1.42. The monoisotopic (exact) mass is 1430 g/mol. The molecule has 22 nitrogen and oxygen atoms in total. The number of halogens is 2. The number of allylic oxidation sites excluding steroid dienone is 4. The van der Waals surface area contributed by atoms with Crippen LogP contribution in [0.15, 0.2) is 315 Å². The molecule has 0 fully saturated rings. The lowest BCUT2D eigenvalue weighted by molar-refractivity contribution is -0.431. The van der Waals surface area contributed by atoms with E-state index in [1.165, 1.54) is 11.6 Å². The van der Waals surface area contributed by atoms with E-state index < -0.39 is 44.5 Å². The third-order valence-corrected chi connectivity index (χ3v) is 18.3. The average molecular weight is 1440 g/mol. The van der Waals surface area contributed by atoms with E-state index in [2.05, 4.69) is 53.4 Å². The normalized spacial score (nSPS) is 18.6. The summed E-state index contributed by atoms with van der Waals surface area (Å²) < 4.78 is 5.21. The first-order chi connectivity index (χ1) is 50.9. The fourth-order valence-corrected chi connectivity index (χ4v) is 13.3. The van der Waals surface area contributed by atoms with Crippen LogP contribution in [0.3, 0.4) is 0 Å². The van der Waals surface area contributed by atoms with Gasteiger partial charge in [-0.2, -0.15) is 0 Å². The van der Waals surface area contributed by atoms with Crippen molar-refractivity contribution in [2.45, 2.75) is 49.9 Å². The number of methoxy groups -OCH3 is 1. The van der Waals surface area contributed by atoms with Gasteiger partial charge < -0.3 is 40.4 Å². The number of fused-ring (bicyclic) bond motifs is 4. The molecule has 0 amide bonds. The predicted octanol–water partition coefficient (Wildman–Crippen LogP) is 12.7. The zero-order chi connectivity index (χ0) is 73.3. The van der Waals surface area contributed by atoms with Crippen LogP contribution in [0.5, 0.6) is 5.75 Å². The van der Waals surface area contributed by atoms with Crippen molar-refractivity contribution in [3.05, 3.63) is 380 Å². The third-order valence-electron chi connectivity index (χ3n) is 17.8. The third kappa shape index (κ3) is 15.8. The van der Waals surface area contributed by atoms with Crippen LogP contribution in [-0.2, 0) is 44.9 Å². The molecule has 0 aromatic heterocycles. The van der Waals surface area contributed by atoms with Crippen LogP contribution < -0.4 is 26.0 Å².